The minimum absolute atomic E-state index is 0.108. The van der Waals surface area contributed by atoms with Gasteiger partial charge in [-0.05, 0) is 24.6 Å². The molecule has 1 aromatic rings. The molecule has 0 N–H and O–H groups in total. The molecule has 0 aliphatic carbocycles. The quantitative estimate of drug-likeness (QED) is 0.744. The Labute approximate surface area is 88.8 Å². The lowest BCUT2D eigenvalue weighted by Crippen LogP contribution is -1.97. The third kappa shape index (κ3) is 2.61. The average molecular weight is 217 g/mol. The van der Waals surface area contributed by atoms with Crippen molar-refractivity contribution in [2.45, 2.75) is 19.8 Å². The fraction of sp³-hybridized carbons (Fsp3) is 0.455. The van der Waals surface area contributed by atoms with Crippen LogP contribution in [-0.4, -0.2) is 13.3 Å². The molecular weight excluding hydrogens is 203 g/mol. The van der Waals surface area contributed by atoms with Crippen molar-refractivity contribution in [3.63, 3.8) is 0 Å². The van der Waals surface area contributed by atoms with Gasteiger partial charge in [-0.1, -0.05) is 24.6 Å². The van der Waals surface area contributed by atoms with Gasteiger partial charge in [0.05, 0.1) is 18.3 Å². The van der Waals surface area contributed by atoms with Crippen LogP contribution >= 0.6 is 11.6 Å². The fourth-order valence-corrected chi connectivity index (χ4v) is 1.43. The first-order valence-corrected chi connectivity index (χ1v) is 5.05. The van der Waals surface area contributed by atoms with Gasteiger partial charge < -0.3 is 4.74 Å². The van der Waals surface area contributed by atoms with Crippen molar-refractivity contribution in [2.24, 2.45) is 0 Å². The lowest BCUT2D eigenvalue weighted by atomic mass is 10.0. The molecule has 0 spiro atoms. The Hall–Kier alpha value is -0.760. The summed E-state index contributed by atoms with van der Waals surface area (Å²) in [4.78, 5) is 0. The van der Waals surface area contributed by atoms with Crippen LogP contribution in [0.15, 0.2) is 18.2 Å². The van der Waals surface area contributed by atoms with E-state index in [9.17, 15) is 4.39 Å². The molecule has 1 aromatic carbocycles. The predicted molar refractivity (Wildman–Crippen MR) is 57.0 cm³/mol. The van der Waals surface area contributed by atoms with Crippen LogP contribution in [0.2, 0.25) is 5.02 Å². The van der Waals surface area contributed by atoms with Gasteiger partial charge in [0, 0.05) is 5.92 Å². The van der Waals surface area contributed by atoms with E-state index in [4.69, 9.17) is 16.3 Å². The standard InChI is InChI=1S/C11H14ClFO/c1-3-14-11-5-4-9(6-10(11)12)8(2)7-13/h4-6,8H,3,7H2,1-2H3. The van der Waals surface area contributed by atoms with Gasteiger partial charge in [0.25, 0.3) is 0 Å². The zero-order valence-electron chi connectivity index (χ0n) is 8.39. The van der Waals surface area contributed by atoms with E-state index in [-0.39, 0.29) is 12.6 Å². The zero-order chi connectivity index (χ0) is 10.6. The highest BCUT2D eigenvalue weighted by atomic mass is 35.5. The first-order chi connectivity index (χ1) is 6.69. The highest BCUT2D eigenvalue weighted by molar-refractivity contribution is 6.32. The van der Waals surface area contributed by atoms with Crippen molar-refractivity contribution < 1.29 is 9.13 Å². The Morgan fingerprint density at radius 3 is 2.71 bits per heavy atom. The second-order valence-corrected chi connectivity index (χ2v) is 3.59. The SMILES string of the molecule is CCOc1ccc(C(C)CF)cc1Cl. The third-order valence-electron chi connectivity index (χ3n) is 2.06. The minimum atomic E-state index is -0.371. The van der Waals surface area contributed by atoms with Crippen molar-refractivity contribution >= 4 is 11.6 Å². The van der Waals surface area contributed by atoms with Crippen molar-refractivity contribution in [3.05, 3.63) is 28.8 Å². The topological polar surface area (TPSA) is 9.23 Å². The first-order valence-electron chi connectivity index (χ1n) is 4.67. The van der Waals surface area contributed by atoms with Crippen LogP contribution in [-0.2, 0) is 0 Å². The number of halogens is 2. The summed E-state index contributed by atoms with van der Waals surface area (Å²) in [5, 5.41) is 0.546. The molecule has 0 radical (unpaired) electrons. The summed E-state index contributed by atoms with van der Waals surface area (Å²) in [6.45, 7) is 3.93. The molecule has 0 aromatic heterocycles. The Bertz CT molecular complexity index is 301. The van der Waals surface area contributed by atoms with E-state index in [1.54, 1.807) is 12.1 Å². The largest absolute Gasteiger partial charge is 0.492 e. The van der Waals surface area contributed by atoms with E-state index in [2.05, 4.69) is 0 Å². The van der Waals surface area contributed by atoms with Crippen LogP contribution in [0.4, 0.5) is 4.39 Å². The van der Waals surface area contributed by atoms with Crippen molar-refractivity contribution in [1.29, 1.82) is 0 Å². The van der Waals surface area contributed by atoms with Crippen molar-refractivity contribution in [3.8, 4) is 5.75 Å². The van der Waals surface area contributed by atoms with Crippen LogP contribution in [0, 0.1) is 0 Å². The minimum Gasteiger partial charge on any atom is -0.492 e. The number of rotatable bonds is 4. The third-order valence-corrected chi connectivity index (χ3v) is 2.35. The molecule has 1 rings (SSSR count). The molecule has 0 aliphatic rings. The number of hydrogen-bond acceptors (Lipinski definition) is 1. The molecule has 0 amide bonds. The molecule has 78 valence electrons. The number of benzene rings is 1. The second kappa shape index (κ2) is 5.20. The van der Waals surface area contributed by atoms with Gasteiger partial charge in [-0.2, -0.15) is 0 Å². The first kappa shape index (κ1) is 11.3. The van der Waals surface area contributed by atoms with E-state index in [0.717, 1.165) is 5.56 Å². The van der Waals surface area contributed by atoms with Crippen LogP contribution in [0.5, 0.6) is 5.75 Å². The molecule has 1 unspecified atom stereocenters. The molecule has 0 aliphatic heterocycles. The van der Waals surface area contributed by atoms with Crippen molar-refractivity contribution in [1.82, 2.24) is 0 Å². The van der Waals surface area contributed by atoms with E-state index < -0.39 is 0 Å². The molecule has 0 saturated carbocycles. The van der Waals surface area contributed by atoms with Gasteiger partial charge in [0.2, 0.25) is 0 Å². The molecule has 1 atom stereocenters. The maximum absolute atomic E-state index is 12.4. The Balaban J connectivity index is 2.88. The Morgan fingerprint density at radius 2 is 2.21 bits per heavy atom. The normalized spacial score (nSPS) is 12.6. The van der Waals surface area contributed by atoms with Crippen LogP contribution in [0.25, 0.3) is 0 Å². The summed E-state index contributed by atoms with van der Waals surface area (Å²) >= 11 is 5.96. The van der Waals surface area contributed by atoms with Gasteiger partial charge in [-0.15, -0.1) is 0 Å². The Morgan fingerprint density at radius 1 is 1.50 bits per heavy atom. The number of hydrogen-bond donors (Lipinski definition) is 0. The summed E-state index contributed by atoms with van der Waals surface area (Å²) in [5.74, 6) is 0.548. The summed E-state index contributed by atoms with van der Waals surface area (Å²) < 4.78 is 17.7. The van der Waals surface area contributed by atoms with Crippen molar-refractivity contribution in [2.75, 3.05) is 13.3 Å². The van der Waals surface area contributed by atoms with Gasteiger partial charge in [0.15, 0.2) is 0 Å². The highest BCUT2D eigenvalue weighted by Crippen LogP contribution is 2.28. The summed E-state index contributed by atoms with van der Waals surface area (Å²) in [6, 6.07) is 5.39. The molecule has 3 heteroatoms. The number of alkyl halides is 1. The molecule has 0 saturated heterocycles. The predicted octanol–water partition coefficient (Wildman–Crippen LogP) is 3.81. The lowest BCUT2D eigenvalue weighted by Gasteiger charge is -2.10. The van der Waals surface area contributed by atoms with Gasteiger partial charge in [-0.3, -0.25) is 4.39 Å². The lowest BCUT2D eigenvalue weighted by molar-refractivity contribution is 0.340. The smallest absolute Gasteiger partial charge is 0.137 e. The van der Waals surface area contributed by atoms with Crippen LogP contribution in [0.3, 0.4) is 0 Å². The average Bonchev–Trinajstić information content (AvgIpc) is 2.20. The molecule has 0 heterocycles. The molecule has 0 bridgehead atoms. The molecular formula is C11H14ClFO. The maximum Gasteiger partial charge on any atom is 0.137 e. The van der Waals surface area contributed by atoms with E-state index in [1.165, 1.54) is 0 Å². The van der Waals surface area contributed by atoms with Crippen LogP contribution in [0.1, 0.15) is 25.3 Å². The number of ether oxygens (including phenoxy) is 1. The zero-order valence-corrected chi connectivity index (χ0v) is 9.14. The molecule has 14 heavy (non-hydrogen) atoms. The highest BCUT2D eigenvalue weighted by Gasteiger charge is 2.08. The van der Waals surface area contributed by atoms with E-state index >= 15 is 0 Å². The second-order valence-electron chi connectivity index (χ2n) is 3.18. The molecule has 1 nitrogen and oxygen atoms in total. The van der Waals surface area contributed by atoms with E-state index in [1.807, 2.05) is 19.9 Å². The van der Waals surface area contributed by atoms with Gasteiger partial charge in [0.1, 0.15) is 5.75 Å². The van der Waals surface area contributed by atoms with Crippen LogP contribution < -0.4 is 4.74 Å². The van der Waals surface area contributed by atoms with Gasteiger partial charge >= 0.3 is 0 Å². The fourth-order valence-electron chi connectivity index (χ4n) is 1.19. The summed E-state index contributed by atoms with van der Waals surface area (Å²) in [7, 11) is 0. The molecule has 0 fully saturated rings. The van der Waals surface area contributed by atoms with Gasteiger partial charge in [-0.25, -0.2) is 0 Å². The maximum atomic E-state index is 12.4. The summed E-state index contributed by atoms with van der Waals surface area (Å²) in [5.41, 5.74) is 0.904. The Kier molecular flexibility index (Phi) is 4.21. The van der Waals surface area contributed by atoms with E-state index in [0.29, 0.717) is 17.4 Å². The summed E-state index contributed by atoms with van der Waals surface area (Å²) in [6.07, 6.45) is 0. The monoisotopic (exact) mass is 216 g/mol.